The van der Waals surface area contributed by atoms with Gasteiger partial charge in [-0.25, -0.2) is 13.6 Å². The van der Waals surface area contributed by atoms with Crippen LogP contribution in [0.15, 0.2) is 52.4 Å². The molecule has 8 nitrogen and oxygen atoms in total. The molecule has 0 aliphatic carbocycles. The number of sulfonamides is 1. The maximum absolute atomic E-state index is 12.9. The van der Waals surface area contributed by atoms with Crippen LogP contribution in [-0.2, 0) is 21.3 Å². The van der Waals surface area contributed by atoms with Crippen LogP contribution >= 0.6 is 11.3 Å². The highest BCUT2D eigenvalue weighted by molar-refractivity contribution is 7.89. The molecular formula is C22H27N3O5S2. The molecule has 172 valence electrons. The predicted molar refractivity (Wildman–Crippen MR) is 124 cm³/mol. The number of amides is 1. The summed E-state index contributed by atoms with van der Waals surface area (Å²) < 4.78 is 36.8. The van der Waals surface area contributed by atoms with Gasteiger partial charge in [0.15, 0.2) is 4.80 Å². The van der Waals surface area contributed by atoms with Crippen LogP contribution < -0.4 is 14.7 Å². The lowest BCUT2D eigenvalue weighted by molar-refractivity contribution is 0.0997. The molecule has 0 unspecified atom stereocenters. The molecule has 0 saturated carbocycles. The minimum absolute atomic E-state index is 0.0101. The van der Waals surface area contributed by atoms with Crippen LogP contribution in [0.5, 0.6) is 5.75 Å². The molecule has 3 aromatic rings. The average molecular weight is 478 g/mol. The van der Waals surface area contributed by atoms with Crippen molar-refractivity contribution in [2.24, 2.45) is 10.1 Å². The first-order valence-electron chi connectivity index (χ1n) is 10.3. The Balaban J connectivity index is 1.96. The van der Waals surface area contributed by atoms with E-state index in [0.717, 1.165) is 24.8 Å². The molecular weight excluding hydrogens is 450 g/mol. The molecule has 0 bridgehead atoms. The van der Waals surface area contributed by atoms with Gasteiger partial charge in [-0.05, 0) is 42.8 Å². The maximum atomic E-state index is 12.9. The Morgan fingerprint density at radius 1 is 1.16 bits per heavy atom. The molecule has 0 aliphatic rings. The summed E-state index contributed by atoms with van der Waals surface area (Å²) in [6, 6.07) is 11.6. The number of aromatic nitrogens is 1. The van der Waals surface area contributed by atoms with Gasteiger partial charge in [-0.1, -0.05) is 37.2 Å². The monoisotopic (exact) mass is 477 g/mol. The number of methoxy groups -OCH3 is 1. The Kier molecular flexibility index (Phi) is 8.19. The van der Waals surface area contributed by atoms with Gasteiger partial charge in [-0.3, -0.25) is 4.79 Å². The molecule has 3 rings (SSSR count). The van der Waals surface area contributed by atoms with Crippen LogP contribution in [-0.4, -0.2) is 39.2 Å². The van der Waals surface area contributed by atoms with Crippen molar-refractivity contribution in [3.63, 3.8) is 0 Å². The Labute approximate surface area is 191 Å². The molecule has 0 saturated heterocycles. The zero-order chi connectivity index (χ0) is 23.1. The SMILES string of the molecule is CCCCCOc1cccc(C(=O)N=c2sc3cc(S(N)(=O)=O)ccc3n2CCOC)c1. The second-order valence-electron chi connectivity index (χ2n) is 7.20. The summed E-state index contributed by atoms with van der Waals surface area (Å²) in [4.78, 5) is 17.7. The molecule has 1 amide bonds. The summed E-state index contributed by atoms with van der Waals surface area (Å²) in [6.45, 7) is 3.59. The highest BCUT2D eigenvalue weighted by Gasteiger charge is 2.14. The van der Waals surface area contributed by atoms with E-state index >= 15 is 0 Å². The zero-order valence-electron chi connectivity index (χ0n) is 18.1. The van der Waals surface area contributed by atoms with Crippen molar-refractivity contribution in [1.82, 2.24) is 4.57 Å². The van der Waals surface area contributed by atoms with Gasteiger partial charge in [-0.15, -0.1) is 0 Å². The summed E-state index contributed by atoms with van der Waals surface area (Å²) in [5.41, 5.74) is 1.16. The third kappa shape index (κ3) is 6.04. The number of primary sulfonamides is 1. The Morgan fingerprint density at radius 2 is 1.97 bits per heavy atom. The number of hydrogen-bond acceptors (Lipinski definition) is 6. The summed E-state index contributed by atoms with van der Waals surface area (Å²) >= 11 is 1.22. The van der Waals surface area contributed by atoms with Crippen LogP contribution in [0.4, 0.5) is 0 Å². The Hall–Kier alpha value is -2.53. The van der Waals surface area contributed by atoms with E-state index in [4.69, 9.17) is 14.6 Å². The molecule has 1 heterocycles. The van der Waals surface area contributed by atoms with Crippen molar-refractivity contribution in [3.8, 4) is 5.75 Å². The van der Waals surface area contributed by atoms with Crippen molar-refractivity contribution >= 4 is 37.5 Å². The molecule has 2 N–H and O–H groups in total. The van der Waals surface area contributed by atoms with E-state index in [-0.39, 0.29) is 4.90 Å². The summed E-state index contributed by atoms with van der Waals surface area (Å²) in [5, 5.41) is 5.26. The molecule has 2 aromatic carbocycles. The first-order valence-corrected chi connectivity index (χ1v) is 12.7. The van der Waals surface area contributed by atoms with E-state index in [2.05, 4.69) is 11.9 Å². The number of hydrogen-bond donors (Lipinski definition) is 1. The lowest BCUT2D eigenvalue weighted by Gasteiger charge is -2.07. The molecule has 0 radical (unpaired) electrons. The van der Waals surface area contributed by atoms with Crippen LogP contribution in [0.2, 0.25) is 0 Å². The largest absolute Gasteiger partial charge is 0.494 e. The van der Waals surface area contributed by atoms with Crippen molar-refractivity contribution in [2.75, 3.05) is 20.3 Å². The number of thiazole rings is 1. The number of carbonyl (C=O) groups is 1. The van der Waals surface area contributed by atoms with E-state index in [9.17, 15) is 13.2 Å². The Morgan fingerprint density at radius 3 is 2.69 bits per heavy atom. The minimum Gasteiger partial charge on any atom is -0.494 e. The molecule has 0 atom stereocenters. The van der Waals surface area contributed by atoms with Gasteiger partial charge < -0.3 is 14.0 Å². The molecule has 0 fully saturated rings. The van der Waals surface area contributed by atoms with Crippen molar-refractivity contribution in [3.05, 3.63) is 52.8 Å². The quantitative estimate of drug-likeness (QED) is 0.450. The number of ether oxygens (including phenoxy) is 2. The van der Waals surface area contributed by atoms with Crippen LogP contribution in [0.3, 0.4) is 0 Å². The third-order valence-corrected chi connectivity index (χ3v) is 6.75. The van der Waals surface area contributed by atoms with Gasteiger partial charge in [0, 0.05) is 19.2 Å². The van der Waals surface area contributed by atoms with Gasteiger partial charge in [0.1, 0.15) is 5.75 Å². The number of benzene rings is 2. The number of nitrogens with two attached hydrogens (primary N) is 1. The summed E-state index contributed by atoms with van der Waals surface area (Å²) in [7, 11) is -2.25. The molecule has 0 aliphatic heterocycles. The van der Waals surface area contributed by atoms with Gasteiger partial charge in [0.05, 0.1) is 28.3 Å². The second-order valence-corrected chi connectivity index (χ2v) is 9.77. The maximum Gasteiger partial charge on any atom is 0.279 e. The topological polar surface area (TPSA) is 113 Å². The lowest BCUT2D eigenvalue weighted by atomic mass is 10.2. The molecule has 1 aromatic heterocycles. The Bertz CT molecular complexity index is 1260. The first kappa shape index (κ1) is 24.1. The number of fused-ring (bicyclic) bond motifs is 1. The molecule has 0 spiro atoms. The van der Waals surface area contributed by atoms with E-state index in [0.29, 0.717) is 40.6 Å². The van der Waals surface area contributed by atoms with Gasteiger partial charge in [-0.2, -0.15) is 4.99 Å². The zero-order valence-corrected chi connectivity index (χ0v) is 19.7. The molecule has 10 heteroatoms. The predicted octanol–water partition coefficient (Wildman–Crippen LogP) is 3.31. The van der Waals surface area contributed by atoms with E-state index in [1.54, 1.807) is 31.4 Å². The number of nitrogens with zero attached hydrogens (tertiary/aromatic N) is 2. The van der Waals surface area contributed by atoms with Crippen molar-refractivity contribution < 1.29 is 22.7 Å². The highest BCUT2D eigenvalue weighted by Crippen LogP contribution is 2.22. The second kappa shape index (κ2) is 10.9. The lowest BCUT2D eigenvalue weighted by Crippen LogP contribution is -2.19. The van der Waals surface area contributed by atoms with E-state index in [1.807, 2.05) is 10.6 Å². The summed E-state index contributed by atoms with van der Waals surface area (Å²) in [5.74, 6) is 0.219. The van der Waals surface area contributed by atoms with Crippen molar-refractivity contribution in [2.45, 2.75) is 37.6 Å². The van der Waals surface area contributed by atoms with Gasteiger partial charge in [0.25, 0.3) is 5.91 Å². The van der Waals surface area contributed by atoms with Crippen LogP contribution in [0.1, 0.15) is 36.5 Å². The van der Waals surface area contributed by atoms with Gasteiger partial charge >= 0.3 is 0 Å². The normalized spacial score (nSPS) is 12.4. The van der Waals surface area contributed by atoms with Crippen LogP contribution in [0.25, 0.3) is 10.2 Å². The van der Waals surface area contributed by atoms with Crippen molar-refractivity contribution in [1.29, 1.82) is 0 Å². The third-order valence-electron chi connectivity index (χ3n) is 4.80. The standard InChI is InChI=1S/C22H27N3O5S2/c1-3-4-5-12-30-17-8-6-7-16(14-17)21(26)24-22-25(11-13-29-2)19-10-9-18(32(23,27)28)15-20(19)31-22/h6-10,14-15H,3-5,11-13H2,1-2H3,(H2,23,27,28). The van der Waals surface area contributed by atoms with E-state index < -0.39 is 15.9 Å². The fraction of sp³-hybridized carbons (Fsp3) is 0.364. The first-order chi connectivity index (χ1) is 15.3. The molecule has 32 heavy (non-hydrogen) atoms. The fourth-order valence-corrected chi connectivity index (χ4v) is 4.84. The smallest absolute Gasteiger partial charge is 0.279 e. The van der Waals surface area contributed by atoms with Crippen LogP contribution in [0, 0.1) is 0 Å². The number of carbonyl (C=O) groups excluding carboxylic acids is 1. The number of rotatable bonds is 10. The van der Waals surface area contributed by atoms with E-state index in [1.165, 1.54) is 23.5 Å². The van der Waals surface area contributed by atoms with Gasteiger partial charge in [0.2, 0.25) is 10.0 Å². The average Bonchev–Trinajstić information content (AvgIpc) is 3.11. The minimum atomic E-state index is -3.84. The highest BCUT2D eigenvalue weighted by atomic mass is 32.2. The number of unbranched alkanes of at least 4 members (excludes halogenated alkanes) is 2. The fourth-order valence-electron chi connectivity index (χ4n) is 3.13. The summed E-state index contributed by atoms with van der Waals surface area (Å²) in [6.07, 6.45) is 3.16.